The Morgan fingerprint density at radius 3 is 3.12 bits per heavy atom. The van der Waals surface area contributed by atoms with E-state index in [-0.39, 0.29) is 22.8 Å². The molecule has 16 heavy (non-hydrogen) atoms. The average Bonchev–Trinajstić information content (AvgIpc) is 2.26. The van der Waals surface area contributed by atoms with Crippen LogP contribution in [0.5, 0.6) is 0 Å². The Labute approximate surface area is 95.5 Å². The topological polar surface area (TPSA) is 99.0 Å². The number of rotatable bonds is 2. The number of carboxylic acid groups (broad SMARTS) is 1. The molecule has 80 valence electrons. The van der Waals surface area contributed by atoms with Gasteiger partial charge in [-0.3, -0.25) is 0 Å². The van der Waals surface area contributed by atoms with E-state index < -0.39 is 5.97 Å². The molecule has 0 saturated carbocycles. The van der Waals surface area contributed by atoms with Gasteiger partial charge in [-0.1, -0.05) is 28.6 Å². The number of aromatic nitrogens is 1. The number of hydrogen-bond acceptors (Lipinski definition) is 3. The largest absolute Gasteiger partial charge is 0.478 e. The zero-order valence-electron chi connectivity index (χ0n) is 7.88. The van der Waals surface area contributed by atoms with Gasteiger partial charge in [0.25, 0.3) is 0 Å². The van der Waals surface area contributed by atoms with Gasteiger partial charge in [-0.2, -0.15) is 0 Å². The van der Waals surface area contributed by atoms with E-state index in [4.69, 9.17) is 22.2 Å². The normalized spacial score (nSPS) is 8.56. The number of nitrogens with zero attached hydrogens (tertiary/aromatic N) is 4. The van der Waals surface area contributed by atoms with Crippen molar-refractivity contribution in [1.82, 2.24) is 4.98 Å². The fourth-order valence-electron chi connectivity index (χ4n) is 0.908. The molecule has 0 unspecified atom stereocenters. The molecule has 0 spiro atoms. The van der Waals surface area contributed by atoms with E-state index in [1.807, 2.05) is 0 Å². The summed E-state index contributed by atoms with van der Waals surface area (Å²) in [5.41, 5.74) is 8.20. The third-order valence-corrected chi connectivity index (χ3v) is 1.74. The molecule has 0 aliphatic heterocycles. The maximum Gasteiger partial charge on any atom is 0.337 e. The standard InChI is InChI=1S/C9H5ClN4O2/c10-8-4-7(9(15)16)6(5-12-8)2-1-3-13-14-11/h4-5H,3H2,(H,15,16). The van der Waals surface area contributed by atoms with Crippen LogP contribution in [0.3, 0.4) is 0 Å². The Balaban J connectivity index is 3.06. The molecule has 0 atom stereocenters. The van der Waals surface area contributed by atoms with Crippen molar-refractivity contribution in [2.75, 3.05) is 6.54 Å². The van der Waals surface area contributed by atoms with Crippen LogP contribution in [0.2, 0.25) is 5.15 Å². The van der Waals surface area contributed by atoms with E-state index in [9.17, 15) is 4.79 Å². The Hall–Kier alpha value is -2.22. The lowest BCUT2D eigenvalue weighted by molar-refractivity contribution is 0.0696. The molecule has 0 fully saturated rings. The maximum atomic E-state index is 10.8. The highest BCUT2D eigenvalue weighted by molar-refractivity contribution is 6.29. The van der Waals surface area contributed by atoms with Crippen LogP contribution in [0, 0.1) is 11.8 Å². The molecule has 0 aliphatic rings. The predicted octanol–water partition coefficient (Wildman–Crippen LogP) is 2.10. The number of carbonyl (C=O) groups is 1. The summed E-state index contributed by atoms with van der Waals surface area (Å²) in [4.78, 5) is 17.1. The van der Waals surface area contributed by atoms with Crippen molar-refractivity contribution in [3.8, 4) is 11.8 Å². The smallest absolute Gasteiger partial charge is 0.337 e. The summed E-state index contributed by atoms with van der Waals surface area (Å²) < 4.78 is 0. The van der Waals surface area contributed by atoms with Crippen molar-refractivity contribution in [2.24, 2.45) is 5.11 Å². The minimum atomic E-state index is -1.14. The van der Waals surface area contributed by atoms with Gasteiger partial charge in [0, 0.05) is 11.1 Å². The van der Waals surface area contributed by atoms with Crippen molar-refractivity contribution in [3.63, 3.8) is 0 Å². The third-order valence-electron chi connectivity index (χ3n) is 1.54. The lowest BCUT2D eigenvalue weighted by Crippen LogP contribution is -2.01. The second kappa shape index (κ2) is 5.61. The molecule has 0 bridgehead atoms. The number of hydrogen-bond donors (Lipinski definition) is 1. The van der Waals surface area contributed by atoms with Gasteiger partial charge >= 0.3 is 5.97 Å². The van der Waals surface area contributed by atoms with Gasteiger partial charge in [0.15, 0.2) is 0 Å². The van der Waals surface area contributed by atoms with Gasteiger partial charge in [-0.15, -0.1) is 0 Å². The molecular formula is C9H5ClN4O2. The molecule has 0 saturated heterocycles. The highest BCUT2D eigenvalue weighted by atomic mass is 35.5. The fourth-order valence-corrected chi connectivity index (χ4v) is 1.07. The van der Waals surface area contributed by atoms with Gasteiger partial charge in [0.2, 0.25) is 0 Å². The second-order valence-corrected chi connectivity index (χ2v) is 2.94. The fraction of sp³-hybridized carbons (Fsp3) is 0.111. The minimum absolute atomic E-state index is 0.0296. The molecular weight excluding hydrogens is 232 g/mol. The monoisotopic (exact) mass is 236 g/mol. The summed E-state index contributed by atoms with van der Waals surface area (Å²) in [6, 6.07) is 1.21. The van der Waals surface area contributed by atoms with Crippen LogP contribution < -0.4 is 0 Å². The van der Waals surface area contributed by atoms with Crippen LogP contribution in [0.25, 0.3) is 10.4 Å². The van der Waals surface area contributed by atoms with Crippen LogP contribution >= 0.6 is 11.6 Å². The first kappa shape index (κ1) is 11.9. The molecule has 0 amide bonds. The third kappa shape index (κ3) is 3.17. The van der Waals surface area contributed by atoms with E-state index in [1.54, 1.807) is 0 Å². The van der Waals surface area contributed by atoms with Gasteiger partial charge in [-0.05, 0) is 11.6 Å². The van der Waals surface area contributed by atoms with Crippen molar-refractivity contribution < 1.29 is 9.90 Å². The van der Waals surface area contributed by atoms with Crippen LogP contribution in [0.15, 0.2) is 17.4 Å². The number of aromatic carboxylic acids is 1. The van der Waals surface area contributed by atoms with Crippen molar-refractivity contribution >= 4 is 17.6 Å². The number of pyridine rings is 1. The summed E-state index contributed by atoms with van der Waals surface area (Å²) in [7, 11) is 0. The van der Waals surface area contributed by atoms with Crippen LogP contribution in [0.1, 0.15) is 15.9 Å². The Kier molecular flexibility index (Phi) is 4.16. The number of azide groups is 1. The van der Waals surface area contributed by atoms with Gasteiger partial charge in [-0.25, -0.2) is 9.78 Å². The quantitative estimate of drug-likeness (QED) is 0.280. The molecule has 7 heteroatoms. The van der Waals surface area contributed by atoms with Gasteiger partial charge in [0.1, 0.15) is 5.15 Å². The lowest BCUT2D eigenvalue weighted by atomic mass is 10.1. The molecule has 6 nitrogen and oxygen atoms in total. The van der Waals surface area contributed by atoms with E-state index >= 15 is 0 Å². The van der Waals surface area contributed by atoms with Crippen molar-refractivity contribution in [1.29, 1.82) is 0 Å². The van der Waals surface area contributed by atoms with Crippen LogP contribution in [-0.4, -0.2) is 22.6 Å². The zero-order chi connectivity index (χ0) is 12.0. The summed E-state index contributed by atoms with van der Waals surface area (Å²) in [6.07, 6.45) is 1.26. The van der Waals surface area contributed by atoms with Gasteiger partial charge < -0.3 is 5.11 Å². The molecule has 0 aliphatic carbocycles. The average molecular weight is 237 g/mol. The zero-order valence-corrected chi connectivity index (χ0v) is 8.64. The van der Waals surface area contributed by atoms with Crippen LogP contribution in [0.4, 0.5) is 0 Å². The highest BCUT2D eigenvalue weighted by Gasteiger charge is 2.09. The van der Waals surface area contributed by atoms with Crippen molar-refractivity contribution in [3.05, 3.63) is 39.0 Å². The number of carboxylic acids is 1. The van der Waals surface area contributed by atoms with Crippen LogP contribution in [-0.2, 0) is 0 Å². The molecule has 1 rings (SSSR count). The summed E-state index contributed by atoms with van der Waals surface area (Å²) in [5, 5.41) is 12.1. The first-order valence-electron chi connectivity index (χ1n) is 4.03. The van der Waals surface area contributed by atoms with Gasteiger partial charge in [0.05, 0.1) is 17.7 Å². The van der Waals surface area contributed by atoms with E-state index in [2.05, 4.69) is 26.9 Å². The lowest BCUT2D eigenvalue weighted by Gasteiger charge is -1.98. The number of halogens is 1. The molecule has 1 heterocycles. The molecule has 0 aromatic carbocycles. The van der Waals surface area contributed by atoms with E-state index in [1.165, 1.54) is 12.3 Å². The summed E-state index contributed by atoms with van der Waals surface area (Å²) in [5.74, 6) is 3.90. The maximum absolute atomic E-state index is 10.8. The van der Waals surface area contributed by atoms with E-state index in [0.29, 0.717) is 0 Å². The Morgan fingerprint density at radius 2 is 2.50 bits per heavy atom. The molecule has 0 radical (unpaired) electrons. The minimum Gasteiger partial charge on any atom is -0.478 e. The SMILES string of the molecule is [N-]=[N+]=NCC#Cc1cnc(Cl)cc1C(=O)O. The summed E-state index contributed by atoms with van der Waals surface area (Å²) >= 11 is 5.56. The Bertz CT molecular complexity index is 526. The molecule has 1 N–H and O–H groups in total. The van der Waals surface area contributed by atoms with E-state index in [0.717, 1.165) is 0 Å². The first-order chi connectivity index (χ1) is 7.65. The second-order valence-electron chi connectivity index (χ2n) is 2.55. The molecule has 1 aromatic heterocycles. The predicted molar refractivity (Wildman–Crippen MR) is 57.1 cm³/mol. The molecule has 1 aromatic rings. The highest BCUT2D eigenvalue weighted by Crippen LogP contribution is 2.12. The van der Waals surface area contributed by atoms with Crippen molar-refractivity contribution in [2.45, 2.75) is 0 Å². The first-order valence-corrected chi connectivity index (χ1v) is 4.41. The summed E-state index contributed by atoms with van der Waals surface area (Å²) in [6.45, 7) is -0.0296. The Morgan fingerprint density at radius 1 is 1.75 bits per heavy atom.